The third-order valence-corrected chi connectivity index (χ3v) is 5.15. The molecule has 0 spiro atoms. The van der Waals surface area contributed by atoms with Gasteiger partial charge in [-0.05, 0) is 12.1 Å². The molecule has 0 aliphatic heterocycles. The van der Waals surface area contributed by atoms with Crippen LogP contribution in [-0.2, 0) is 14.4 Å². The molecule has 1 unspecified atom stereocenters. The second-order valence-electron chi connectivity index (χ2n) is 7.51. The third kappa shape index (κ3) is 6.85. The fourth-order valence-electron chi connectivity index (χ4n) is 3.01. The Bertz CT molecular complexity index is 1370. The van der Waals surface area contributed by atoms with E-state index in [0.717, 1.165) is 0 Å². The topological polar surface area (TPSA) is 148 Å². The number of carbonyl (C=O) groups excluding carboxylic acids is 3. The lowest BCUT2D eigenvalue weighted by molar-refractivity contribution is -0.140. The fourth-order valence-corrected chi connectivity index (χ4v) is 3.24. The van der Waals surface area contributed by atoms with Gasteiger partial charge < -0.3 is 25.0 Å². The van der Waals surface area contributed by atoms with Gasteiger partial charge in [0.25, 0.3) is 5.91 Å². The molecule has 0 bridgehead atoms. The lowest BCUT2D eigenvalue weighted by Crippen LogP contribution is -2.47. The van der Waals surface area contributed by atoms with Crippen molar-refractivity contribution in [2.75, 3.05) is 13.2 Å². The number of carboxylic acids is 1. The first-order valence-corrected chi connectivity index (χ1v) is 10.8. The quantitative estimate of drug-likeness (QED) is 0.241. The van der Waals surface area contributed by atoms with Crippen LogP contribution in [0.1, 0.15) is 16.9 Å². The summed E-state index contributed by atoms with van der Waals surface area (Å²) in [5, 5.41) is 17.1. The molecule has 0 radical (unpaired) electrons. The Labute approximate surface area is 215 Å². The summed E-state index contributed by atoms with van der Waals surface area (Å²) in [6.45, 7) is -1.99. The molecule has 3 rings (SSSR count). The van der Waals surface area contributed by atoms with Gasteiger partial charge in [-0.15, -0.1) is 0 Å². The van der Waals surface area contributed by atoms with E-state index in [4.69, 9.17) is 21.2 Å². The Kier molecular flexibility index (Phi) is 9.02. The Balaban J connectivity index is 1.59. The molecule has 38 heavy (non-hydrogen) atoms. The minimum Gasteiger partial charge on any atom is -0.481 e. The minimum atomic E-state index is -1.91. The smallest absolute Gasteiger partial charge is 0.305 e. The average molecular weight is 558 g/mol. The Morgan fingerprint density at radius 3 is 2.34 bits per heavy atom. The molecule has 15 heteroatoms. The van der Waals surface area contributed by atoms with Crippen molar-refractivity contribution in [1.82, 2.24) is 15.8 Å². The maximum Gasteiger partial charge on any atom is 0.305 e. The van der Waals surface area contributed by atoms with Crippen LogP contribution in [0, 0.1) is 23.3 Å². The van der Waals surface area contributed by atoms with Gasteiger partial charge >= 0.3 is 5.97 Å². The van der Waals surface area contributed by atoms with Crippen molar-refractivity contribution < 1.29 is 51.1 Å². The largest absolute Gasteiger partial charge is 0.481 e. The molecule has 200 valence electrons. The summed E-state index contributed by atoms with van der Waals surface area (Å²) in [5.74, 6) is -13.4. The van der Waals surface area contributed by atoms with E-state index >= 15 is 0 Å². The number of amides is 2. The number of benzene rings is 2. The molecule has 1 aromatic heterocycles. The highest BCUT2D eigenvalue weighted by Gasteiger charge is 2.27. The van der Waals surface area contributed by atoms with Crippen molar-refractivity contribution in [1.29, 1.82) is 0 Å². The van der Waals surface area contributed by atoms with Gasteiger partial charge in [-0.25, -0.2) is 8.78 Å². The normalized spacial score (nSPS) is 11.5. The Hall–Kier alpha value is -4.46. The molecule has 3 N–H and O–H groups in total. The highest BCUT2D eigenvalue weighted by Crippen LogP contribution is 2.28. The number of nitrogens with one attached hydrogen (secondary N) is 2. The summed E-state index contributed by atoms with van der Waals surface area (Å²) in [4.78, 5) is 48.0. The summed E-state index contributed by atoms with van der Waals surface area (Å²) in [6, 6.07) is 5.98. The highest BCUT2D eigenvalue weighted by molar-refractivity contribution is 6.33. The lowest BCUT2D eigenvalue weighted by atomic mass is 10.1. The first-order valence-electron chi connectivity index (χ1n) is 10.5. The fraction of sp³-hybridized carbons (Fsp3) is 0.174. The number of aliphatic carboxylic acids is 1. The number of halogens is 5. The Morgan fingerprint density at radius 2 is 1.71 bits per heavy atom. The molecule has 0 fully saturated rings. The standard InChI is InChI=1S/C23H16ClF4N3O7/c24-11-4-2-1-3-10(11)17-6-15(31-38-17)23(36)29-8-18(33)30-14(7-19(34)35)16(32)9-37-22-20(27)12(25)5-13(26)21(22)28/h1-6,14H,7-9H2,(H,29,36)(H,30,33)(H,34,35). The van der Waals surface area contributed by atoms with E-state index in [1.165, 1.54) is 6.07 Å². The van der Waals surface area contributed by atoms with Gasteiger partial charge in [-0.3, -0.25) is 19.2 Å². The zero-order valence-electron chi connectivity index (χ0n) is 18.9. The molecule has 0 aliphatic carbocycles. The first-order chi connectivity index (χ1) is 18.0. The van der Waals surface area contributed by atoms with Crippen molar-refractivity contribution in [3.05, 3.63) is 70.4 Å². The number of rotatable bonds is 11. The maximum absolute atomic E-state index is 13.7. The molecule has 0 saturated heterocycles. The monoisotopic (exact) mass is 557 g/mol. The minimum absolute atomic E-state index is 0.0717. The number of carbonyl (C=O) groups is 4. The Morgan fingerprint density at radius 1 is 1.05 bits per heavy atom. The molecule has 1 heterocycles. The van der Waals surface area contributed by atoms with Gasteiger partial charge in [0.2, 0.25) is 17.5 Å². The van der Waals surface area contributed by atoms with Crippen LogP contribution >= 0.6 is 11.6 Å². The summed E-state index contributed by atoms with van der Waals surface area (Å²) in [7, 11) is 0. The predicted molar refractivity (Wildman–Crippen MR) is 120 cm³/mol. The average Bonchev–Trinajstić information content (AvgIpc) is 3.36. The van der Waals surface area contributed by atoms with E-state index in [-0.39, 0.29) is 17.5 Å². The van der Waals surface area contributed by atoms with E-state index in [0.29, 0.717) is 10.6 Å². The molecule has 0 saturated carbocycles. The van der Waals surface area contributed by atoms with E-state index in [2.05, 4.69) is 15.2 Å². The van der Waals surface area contributed by atoms with Gasteiger partial charge in [-0.2, -0.15) is 8.78 Å². The van der Waals surface area contributed by atoms with Gasteiger partial charge in [-0.1, -0.05) is 28.9 Å². The van der Waals surface area contributed by atoms with Crippen molar-refractivity contribution >= 4 is 35.2 Å². The van der Waals surface area contributed by atoms with Crippen molar-refractivity contribution in [3.8, 4) is 17.1 Å². The molecule has 1 atom stereocenters. The number of hydrogen-bond acceptors (Lipinski definition) is 7. The van der Waals surface area contributed by atoms with E-state index in [1.54, 1.807) is 24.3 Å². The summed E-state index contributed by atoms with van der Waals surface area (Å²) < 4.78 is 63.6. The molecule has 10 nitrogen and oxygen atoms in total. The number of carboxylic acid groups (broad SMARTS) is 1. The van der Waals surface area contributed by atoms with Crippen LogP contribution in [0.15, 0.2) is 40.9 Å². The van der Waals surface area contributed by atoms with Crippen LogP contribution in [0.4, 0.5) is 17.6 Å². The van der Waals surface area contributed by atoms with Crippen LogP contribution in [0.5, 0.6) is 5.75 Å². The van der Waals surface area contributed by atoms with Crippen molar-refractivity contribution in [2.45, 2.75) is 12.5 Å². The van der Waals surface area contributed by atoms with Crippen molar-refractivity contribution in [3.63, 3.8) is 0 Å². The van der Waals surface area contributed by atoms with Crippen LogP contribution < -0.4 is 15.4 Å². The number of hydrogen-bond donors (Lipinski definition) is 3. The molecular formula is C23H16ClF4N3O7. The second kappa shape index (κ2) is 12.2. The first kappa shape index (κ1) is 28.1. The van der Waals surface area contributed by atoms with Gasteiger partial charge in [0.05, 0.1) is 18.0 Å². The molecule has 3 aromatic rings. The number of nitrogens with zero attached hydrogens (tertiary/aromatic N) is 1. The zero-order valence-corrected chi connectivity index (χ0v) is 19.7. The number of aromatic nitrogens is 1. The molecule has 2 amide bonds. The predicted octanol–water partition coefficient (Wildman–Crippen LogP) is 2.89. The molecule has 0 aliphatic rings. The number of Topliss-reactive ketones (excluding diaryl/α,β-unsaturated/α-hetero) is 1. The second-order valence-corrected chi connectivity index (χ2v) is 7.92. The lowest BCUT2D eigenvalue weighted by Gasteiger charge is -2.17. The van der Waals surface area contributed by atoms with E-state index < -0.39 is 78.2 Å². The molecular weight excluding hydrogens is 542 g/mol. The number of ketones is 1. The highest BCUT2D eigenvalue weighted by atomic mass is 35.5. The van der Waals surface area contributed by atoms with Crippen LogP contribution in [0.3, 0.4) is 0 Å². The molecule has 2 aromatic carbocycles. The summed E-state index contributed by atoms with van der Waals surface area (Å²) in [5.41, 5.74) is 0.238. The summed E-state index contributed by atoms with van der Waals surface area (Å²) in [6.07, 6.45) is -0.977. The summed E-state index contributed by atoms with van der Waals surface area (Å²) >= 11 is 6.06. The van der Waals surface area contributed by atoms with Crippen LogP contribution in [0.25, 0.3) is 11.3 Å². The zero-order chi connectivity index (χ0) is 28.0. The van der Waals surface area contributed by atoms with Gasteiger partial charge in [0, 0.05) is 17.7 Å². The van der Waals surface area contributed by atoms with Crippen LogP contribution in [0.2, 0.25) is 5.02 Å². The van der Waals surface area contributed by atoms with E-state index in [9.17, 15) is 36.7 Å². The maximum atomic E-state index is 13.7. The SMILES string of the molecule is O=C(O)CC(NC(=O)CNC(=O)c1cc(-c2ccccc2Cl)on1)C(=O)COc1c(F)c(F)cc(F)c1F. The van der Waals surface area contributed by atoms with E-state index in [1.807, 2.05) is 5.32 Å². The van der Waals surface area contributed by atoms with Crippen LogP contribution in [-0.4, -0.2) is 53.0 Å². The number of ether oxygens (including phenoxy) is 1. The third-order valence-electron chi connectivity index (χ3n) is 4.82. The van der Waals surface area contributed by atoms with Crippen molar-refractivity contribution in [2.24, 2.45) is 0 Å². The van der Waals surface area contributed by atoms with Gasteiger partial charge in [0.15, 0.2) is 34.6 Å². The van der Waals surface area contributed by atoms with Gasteiger partial charge in [0.1, 0.15) is 12.6 Å².